The molecular formula is C14H19NO3. The van der Waals surface area contributed by atoms with Crippen molar-refractivity contribution >= 4 is 5.91 Å². The fourth-order valence-corrected chi connectivity index (χ4v) is 2.29. The third kappa shape index (κ3) is 3.09. The van der Waals surface area contributed by atoms with Gasteiger partial charge in [0.05, 0.1) is 18.8 Å². The monoisotopic (exact) mass is 249 g/mol. The zero-order valence-corrected chi connectivity index (χ0v) is 10.3. The molecule has 0 radical (unpaired) electrons. The number of aliphatic hydroxyl groups excluding tert-OH is 2. The summed E-state index contributed by atoms with van der Waals surface area (Å²) in [5.41, 5.74) is 1.34. The lowest BCUT2D eigenvalue weighted by atomic mass is 9.92. The Morgan fingerprint density at radius 1 is 1.22 bits per heavy atom. The summed E-state index contributed by atoms with van der Waals surface area (Å²) in [6.45, 7) is -0.0246. The lowest BCUT2D eigenvalue weighted by molar-refractivity contribution is 0.0717. The van der Waals surface area contributed by atoms with Gasteiger partial charge in [-0.3, -0.25) is 4.79 Å². The number of hydrogen-bond acceptors (Lipinski definition) is 3. The van der Waals surface area contributed by atoms with Gasteiger partial charge < -0.3 is 15.5 Å². The van der Waals surface area contributed by atoms with E-state index in [1.54, 1.807) is 24.3 Å². The normalized spacial score (nSPS) is 23.7. The Labute approximate surface area is 107 Å². The van der Waals surface area contributed by atoms with E-state index in [4.69, 9.17) is 5.11 Å². The topological polar surface area (TPSA) is 69.6 Å². The van der Waals surface area contributed by atoms with Crippen molar-refractivity contribution in [1.29, 1.82) is 0 Å². The molecule has 0 aliphatic heterocycles. The lowest BCUT2D eigenvalue weighted by Gasteiger charge is -2.28. The number of benzene rings is 1. The fourth-order valence-electron chi connectivity index (χ4n) is 2.29. The van der Waals surface area contributed by atoms with Gasteiger partial charge in [-0.25, -0.2) is 0 Å². The summed E-state index contributed by atoms with van der Waals surface area (Å²) in [5.74, 6) is -0.162. The van der Waals surface area contributed by atoms with Gasteiger partial charge in [-0.05, 0) is 30.5 Å². The molecule has 2 atom stereocenters. The van der Waals surface area contributed by atoms with Crippen molar-refractivity contribution < 1.29 is 15.0 Å². The molecule has 1 aliphatic carbocycles. The minimum absolute atomic E-state index is 0.0246. The molecular weight excluding hydrogens is 230 g/mol. The highest BCUT2D eigenvalue weighted by atomic mass is 16.3. The molecule has 0 aromatic heterocycles. The molecule has 0 heterocycles. The average molecular weight is 249 g/mol. The quantitative estimate of drug-likeness (QED) is 0.754. The van der Waals surface area contributed by atoms with Crippen molar-refractivity contribution in [3.05, 3.63) is 35.4 Å². The predicted molar refractivity (Wildman–Crippen MR) is 68.1 cm³/mol. The lowest BCUT2D eigenvalue weighted by Crippen LogP contribution is -2.45. The van der Waals surface area contributed by atoms with E-state index in [0.717, 1.165) is 31.2 Å². The molecule has 98 valence electrons. The molecule has 1 aliphatic rings. The van der Waals surface area contributed by atoms with Gasteiger partial charge in [-0.15, -0.1) is 0 Å². The first-order valence-corrected chi connectivity index (χ1v) is 6.39. The van der Waals surface area contributed by atoms with E-state index in [1.165, 1.54) is 0 Å². The standard InChI is InChI=1S/C14H19NO3/c16-9-10-5-7-11(8-6-10)14(18)15-12-3-1-2-4-13(12)17/h5-8,12-13,16-17H,1-4,9H2,(H,15,18)/t12-,13-/m1/s1. The van der Waals surface area contributed by atoms with E-state index in [2.05, 4.69) is 5.32 Å². The van der Waals surface area contributed by atoms with Crippen LogP contribution in [0.5, 0.6) is 0 Å². The van der Waals surface area contributed by atoms with E-state index >= 15 is 0 Å². The Balaban J connectivity index is 1.97. The minimum atomic E-state index is -0.431. The Hall–Kier alpha value is -1.39. The Morgan fingerprint density at radius 2 is 1.89 bits per heavy atom. The molecule has 0 spiro atoms. The maximum absolute atomic E-state index is 12.0. The van der Waals surface area contributed by atoms with Crippen LogP contribution in [0, 0.1) is 0 Å². The second-order valence-electron chi connectivity index (χ2n) is 4.79. The first-order chi connectivity index (χ1) is 8.70. The molecule has 0 bridgehead atoms. The van der Waals surface area contributed by atoms with Gasteiger partial charge in [0.25, 0.3) is 5.91 Å². The molecule has 0 saturated heterocycles. The highest BCUT2D eigenvalue weighted by Crippen LogP contribution is 2.18. The van der Waals surface area contributed by atoms with Gasteiger partial charge in [-0.2, -0.15) is 0 Å². The molecule has 1 amide bonds. The van der Waals surface area contributed by atoms with Crippen molar-refractivity contribution in [2.45, 2.75) is 44.4 Å². The Bertz CT molecular complexity index is 402. The highest BCUT2D eigenvalue weighted by Gasteiger charge is 2.24. The van der Waals surface area contributed by atoms with E-state index in [9.17, 15) is 9.90 Å². The number of rotatable bonds is 3. The molecule has 2 rings (SSSR count). The zero-order chi connectivity index (χ0) is 13.0. The van der Waals surface area contributed by atoms with Crippen molar-refractivity contribution in [2.75, 3.05) is 0 Å². The van der Waals surface area contributed by atoms with E-state index in [1.807, 2.05) is 0 Å². The Morgan fingerprint density at radius 3 is 2.50 bits per heavy atom. The fraction of sp³-hybridized carbons (Fsp3) is 0.500. The largest absolute Gasteiger partial charge is 0.392 e. The van der Waals surface area contributed by atoms with Crippen LogP contribution in [0.3, 0.4) is 0 Å². The van der Waals surface area contributed by atoms with Crippen molar-refractivity contribution in [1.82, 2.24) is 5.32 Å². The van der Waals surface area contributed by atoms with E-state index in [-0.39, 0.29) is 18.6 Å². The molecule has 1 aromatic carbocycles. The van der Waals surface area contributed by atoms with Crippen LogP contribution >= 0.6 is 0 Å². The average Bonchev–Trinajstić information content (AvgIpc) is 2.41. The second-order valence-corrected chi connectivity index (χ2v) is 4.79. The summed E-state index contributed by atoms with van der Waals surface area (Å²) in [7, 11) is 0. The minimum Gasteiger partial charge on any atom is -0.392 e. The van der Waals surface area contributed by atoms with Crippen LogP contribution in [0.2, 0.25) is 0 Å². The summed E-state index contributed by atoms with van der Waals surface area (Å²) < 4.78 is 0. The van der Waals surface area contributed by atoms with Gasteiger partial charge in [-0.1, -0.05) is 25.0 Å². The summed E-state index contributed by atoms with van der Waals surface area (Å²) in [5, 5.41) is 21.6. The number of carbonyl (C=O) groups is 1. The van der Waals surface area contributed by atoms with Crippen LogP contribution in [0.1, 0.15) is 41.6 Å². The van der Waals surface area contributed by atoms with Gasteiger partial charge in [0.1, 0.15) is 0 Å². The summed E-state index contributed by atoms with van der Waals surface area (Å²) in [6.07, 6.45) is 3.24. The van der Waals surface area contributed by atoms with Crippen molar-refractivity contribution in [3.8, 4) is 0 Å². The van der Waals surface area contributed by atoms with E-state index in [0.29, 0.717) is 5.56 Å². The molecule has 1 fully saturated rings. The highest BCUT2D eigenvalue weighted by molar-refractivity contribution is 5.94. The van der Waals surface area contributed by atoms with Crippen molar-refractivity contribution in [2.24, 2.45) is 0 Å². The summed E-state index contributed by atoms with van der Waals surface area (Å²) >= 11 is 0. The first kappa shape index (κ1) is 13.1. The molecule has 4 heteroatoms. The van der Waals surface area contributed by atoms with Gasteiger partial charge in [0.2, 0.25) is 0 Å². The van der Waals surface area contributed by atoms with Crippen LogP contribution in [-0.2, 0) is 6.61 Å². The SMILES string of the molecule is O=C(N[C@@H]1CCCC[C@H]1O)c1ccc(CO)cc1. The Kier molecular flexibility index (Phi) is 4.33. The number of amides is 1. The zero-order valence-electron chi connectivity index (χ0n) is 10.3. The molecule has 1 aromatic rings. The van der Waals surface area contributed by atoms with Crippen LogP contribution in [0.15, 0.2) is 24.3 Å². The predicted octanol–water partition coefficient (Wildman–Crippen LogP) is 1.21. The summed E-state index contributed by atoms with van der Waals surface area (Å²) in [6, 6.07) is 6.70. The smallest absolute Gasteiger partial charge is 0.251 e. The molecule has 4 nitrogen and oxygen atoms in total. The summed E-state index contributed by atoms with van der Waals surface area (Å²) in [4.78, 5) is 12.0. The third-order valence-electron chi connectivity index (χ3n) is 3.44. The maximum Gasteiger partial charge on any atom is 0.251 e. The second kappa shape index (κ2) is 5.98. The molecule has 0 unspecified atom stereocenters. The van der Waals surface area contributed by atoms with Crippen molar-refractivity contribution in [3.63, 3.8) is 0 Å². The maximum atomic E-state index is 12.0. The first-order valence-electron chi connectivity index (χ1n) is 6.39. The van der Waals surface area contributed by atoms with Gasteiger partial charge in [0, 0.05) is 5.56 Å². The number of carbonyl (C=O) groups excluding carboxylic acids is 1. The number of nitrogens with one attached hydrogen (secondary N) is 1. The van der Waals surface area contributed by atoms with E-state index < -0.39 is 6.10 Å². The van der Waals surface area contributed by atoms with Crippen LogP contribution in [0.4, 0.5) is 0 Å². The molecule has 1 saturated carbocycles. The number of aliphatic hydroxyl groups is 2. The molecule has 18 heavy (non-hydrogen) atoms. The van der Waals surface area contributed by atoms with Crippen LogP contribution in [0.25, 0.3) is 0 Å². The number of hydrogen-bond donors (Lipinski definition) is 3. The van der Waals surface area contributed by atoms with Crippen LogP contribution < -0.4 is 5.32 Å². The van der Waals surface area contributed by atoms with Gasteiger partial charge >= 0.3 is 0 Å². The van der Waals surface area contributed by atoms with Crippen LogP contribution in [-0.4, -0.2) is 28.3 Å². The molecule has 3 N–H and O–H groups in total. The van der Waals surface area contributed by atoms with Gasteiger partial charge in [0.15, 0.2) is 0 Å². The third-order valence-corrected chi connectivity index (χ3v) is 3.44.